The maximum atomic E-state index is 5.77. The van der Waals surface area contributed by atoms with Crippen molar-refractivity contribution in [2.24, 2.45) is 0 Å². The van der Waals surface area contributed by atoms with E-state index in [4.69, 9.17) is 9.47 Å². The van der Waals surface area contributed by atoms with Crippen LogP contribution >= 0.6 is 11.3 Å². The molecule has 1 unspecified atom stereocenters. The zero-order valence-electron chi connectivity index (χ0n) is 8.07. The van der Waals surface area contributed by atoms with Gasteiger partial charge in [-0.15, -0.1) is 17.9 Å². The molecule has 0 saturated heterocycles. The van der Waals surface area contributed by atoms with Crippen LogP contribution < -0.4 is 9.47 Å². The third kappa shape index (κ3) is 2.10. The first-order valence-electron chi connectivity index (χ1n) is 4.86. The van der Waals surface area contributed by atoms with E-state index in [1.165, 1.54) is 0 Å². The van der Waals surface area contributed by atoms with E-state index in [2.05, 4.69) is 6.58 Å². The maximum Gasteiger partial charge on any atom is 0.172 e. The van der Waals surface area contributed by atoms with Gasteiger partial charge in [-0.2, -0.15) is 0 Å². The van der Waals surface area contributed by atoms with E-state index >= 15 is 0 Å². The van der Waals surface area contributed by atoms with E-state index in [0.29, 0.717) is 6.61 Å². The van der Waals surface area contributed by atoms with Gasteiger partial charge in [0, 0.05) is 10.8 Å². The lowest BCUT2D eigenvalue weighted by atomic mass is 10.1. The molecule has 3 heteroatoms. The second kappa shape index (κ2) is 4.51. The normalized spacial score (nSPS) is 19.3. The molecular weight excluding hydrogens is 196 g/mol. The van der Waals surface area contributed by atoms with E-state index in [-0.39, 0.29) is 6.10 Å². The summed E-state index contributed by atoms with van der Waals surface area (Å²) in [4.78, 5) is 0. The van der Waals surface area contributed by atoms with Crippen molar-refractivity contribution in [1.29, 1.82) is 0 Å². The Balaban J connectivity index is 1.85. The summed E-state index contributed by atoms with van der Waals surface area (Å²) >= 11 is 1.62. The molecule has 1 atom stereocenters. The number of hydrogen-bond donors (Lipinski definition) is 0. The van der Waals surface area contributed by atoms with Gasteiger partial charge in [-0.3, -0.25) is 0 Å². The van der Waals surface area contributed by atoms with Crippen LogP contribution in [0.25, 0.3) is 0 Å². The molecule has 2 nitrogen and oxygen atoms in total. The van der Waals surface area contributed by atoms with Crippen LogP contribution in [0.3, 0.4) is 0 Å². The fourth-order valence-corrected chi connectivity index (χ4v) is 2.16. The van der Waals surface area contributed by atoms with E-state index in [0.717, 1.165) is 30.8 Å². The summed E-state index contributed by atoms with van der Waals surface area (Å²) in [5, 5.41) is 3.98. The molecule has 2 rings (SSSR count). The minimum Gasteiger partial charge on any atom is -0.485 e. The van der Waals surface area contributed by atoms with Crippen LogP contribution in [-0.2, 0) is 0 Å². The van der Waals surface area contributed by atoms with Crippen molar-refractivity contribution in [2.45, 2.75) is 25.4 Å². The van der Waals surface area contributed by atoms with E-state index in [1.54, 1.807) is 11.3 Å². The van der Waals surface area contributed by atoms with Gasteiger partial charge >= 0.3 is 0 Å². The summed E-state index contributed by atoms with van der Waals surface area (Å²) in [6, 6.07) is 0. The number of ether oxygens (including phenoxy) is 2. The molecule has 0 radical (unpaired) electrons. The fraction of sp³-hybridized carbons (Fsp3) is 0.455. The third-order valence-corrected chi connectivity index (χ3v) is 2.95. The van der Waals surface area contributed by atoms with Crippen molar-refractivity contribution in [3.05, 3.63) is 23.4 Å². The number of allylic oxidation sites excluding steroid dienone is 1. The molecule has 0 spiro atoms. The Kier molecular flexibility index (Phi) is 3.09. The van der Waals surface area contributed by atoms with Gasteiger partial charge in [-0.1, -0.05) is 6.08 Å². The minimum atomic E-state index is 0.219. The van der Waals surface area contributed by atoms with Gasteiger partial charge in [0.15, 0.2) is 11.5 Å². The Bertz CT molecular complexity index is 306. The molecule has 0 saturated carbocycles. The van der Waals surface area contributed by atoms with Gasteiger partial charge in [0.25, 0.3) is 0 Å². The van der Waals surface area contributed by atoms with Crippen LogP contribution in [0.1, 0.15) is 19.3 Å². The lowest BCUT2D eigenvalue weighted by Crippen LogP contribution is -2.28. The van der Waals surface area contributed by atoms with Crippen LogP contribution in [0.4, 0.5) is 0 Å². The highest BCUT2D eigenvalue weighted by atomic mass is 32.1. The van der Waals surface area contributed by atoms with Crippen molar-refractivity contribution in [3.8, 4) is 11.5 Å². The summed E-state index contributed by atoms with van der Waals surface area (Å²) in [7, 11) is 0. The van der Waals surface area contributed by atoms with Crippen LogP contribution in [0, 0.1) is 0 Å². The minimum absolute atomic E-state index is 0.219. The number of rotatable bonds is 4. The van der Waals surface area contributed by atoms with Crippen LogP contribution in [0.5, 0.6) is 11.5 Å². The topological polar surface area (TPSA) is 18.5 Å². The fourth-order valence-electron chi connectivity index (χ4n) is 1.49. The quantitative estimate of drug-likeness (QED) is 0.561. The van der Waals surface area contributed by atoms with Crippen LogP contribution in [0.2, 0.25) is 0 Å². The summed E-state index contributed by atoms with van der Waals surface area (Å²) in [5.41, 5.74) is 0. The predicted octanol–water partition coefficient (Wildman–Crippen LogP) is 3.24. The average Bonchev–Trinajstić information content (AvgIpc) is 2.65. The number of thiophene rings is 1. The highest BCUT2D eigenvalue weighted by Gasteiger charge is 2.20. The van der Waals surface area contributed by atoms with E-state index in [9.17, 15) is 0 Å². The smallest absolute Gasteiger partial charge is 0.172 e. The molecule has 1 aliphatic rings. The predicted molar refractivity (Wildman–Crippen MR) is 58.3 cm³/mol. The zero-order valence-corrected chi connectivity index (χ0v) is 8.89. The molecule has 1 aromatic heterocycles. The molecule has 0 N–H and O–H groups in total. The Labute approximate surface area is 88.2 Å². The Morgan fingerprint density at radius 2 is 2.36 bits per heavy atom. The molecule has 1 aliphatic heterocycles. The first-order chi connectivity index (χ1) is 6.90. The largest absolute Gasteiger partial charge is 0.485 e. The van der Waals surface area contributed by atoms with E-state index in [1.807, 2.05) is 16.8 Å². The number of hydrogen-bond acceptors (Lipinski definition) is 3. The molecular formula is C11H14O2S. The van der Waals surface area contributed by atoms with Crippen molar-refractivity contribution in [3.63, 3.8) is 0 Å². The molecule has 0 amide bonds. The van der Waals surface area contributed by atoms with Gasteiger partial charge < -0.3 is 9.47 Å². The van der Waals surface area contributed by atoms with Gasteiger partial charge in [0.2, 0.25) is 0 Å². The van der Waals surface area contributed by atoms with Crippen LogP contribution in [0.15, 0.2) is 23.4 Å². The molecule has 2 heterocycles. The number of unbranched alkanes of at least 4 members (excludes halogenated alkanes) is 1. The zero-order chi connectivity index (χ0) is 9.80. The van der Waals surface area contributed by atoms with Crippen molar-refractivity contribution in [1.82, 2.24) is 0 Å². The third-order valence-electron chi connectivity index (χ3n) is 2.25. The monoisotopic (exact) mass is 210 g/mol. The summed E-state index contributed by atoms with van der Waals surface area (Å²) < 4.78 is 11.3. The molecule has 0 bridgehead atoms. The molecule has 0 aliphatic carbocycles. The number of fused-ring (bicyclic) bond motifs is 1. The highest BCUT2D eigenvalue weighted by Crippen LogP contribution is 2.35. The van der Waals surface area contributed by atoms with Gasteiger partial charge in [-0.25, -0.2) is 0 Å². The Hall–Kier alpha value is -0.960. The second-order valence-electron chi connectivity index (χ2n) is 3.37. The maximum absolute atomic E-state index is 5.77. The molecule has 1 aromatic rings. The molecule has 0 aromatic carbocycles. The first kappa shape index (κ1) is 9.59. The first-order valence-corrected chi connectivity index (χ1v) is 5.81. The molecule has 0 fully saturated rings. The Morgan fingerprint density at radius 1 is 1.50 bits per heavy atom. The summed E-state index contributed by atoms with van der Waals surface area (Å²) in [6.45, 7) is 4.38. The van der Waals surface area contributed by atoms with E-state index < -0.39 is 0 Å². The molecule has 14 heavy (non-hydrogen) atoms. The lowest BCUT2D eigenvalue weighted by Gasteiger charge is -2.24. The van der Waals surface area contributed by atoms with Gasteiger partial charge in [0.1, 0.15) is 12.7 Å². The SMILES string of the molecule is C=CCCCC1COc2cscc2O1. The summed E-state index contributed by atoms with van der Waals surface area (Å²) in [5.74, 6) is 1.81. The summed E-state index contributed by atoms with van der Waals surface area (Å²) in [6.07, 6.45) is 5.38. The average molecular weight is 210 g/mol. The Morgan fingerprint density at radius 3 is 3.21 bits per heavy atom. The highest BCUT2D eigenvalue weighted by molar-refractivity contribution is 7.08. The van der Waals surface area contributed by atoms with Crippen molar-refractivity contribution in [2.75, 3.05) is 6.61 Å². The van der Waals surface area contributed by atoms with Crippen molar-refractivity contribution < 1.29 is 9.47 Å². The lowest BCUT2D eigenvalue weighted by molar-refractivity contribution is 0.0849. The standard InChI is InChI=1S/C11H14O2S/c1-2-3-4-5-9-6-12-10-7-14-8-11(10)13-9/h2,7-9H,1,3-6H2. The molecule has 76 valence electrons. The van der Waals surface area contributed by atoms with Gasteiger partial charge in [0.05, 0.1) is 0 Å². The second-order valence-corrected chi connectivity index (χ2v) is 4.11. The van der Waals surface area contributed by atoms with Crippen molar-refractivity contribution >= 4 is 11.3 Å². The van der Waals surface area contributed by atoms with Crippen LogP contribution in [-0.4, -0.2) is 12.7 Å². The van der Waals surface area contributed by atoms with Gasteiger partial charge in [-0.05, 0) is 19.3 Å².